The molecular formula is C13H23N3. The summed E-state index contributed by atoms with van der Waals surface area (Å²) in [7, 11) is 2.05. The number of anilines is 2. The quantitative estimate of drug-likeness (QED) is 0.835. The molecule has 0 aromatic carbocycles. The smallest absolute Gasteiger partial charge is 0.152 e. The lowest BCUT2D eigenvalue weighted by atomic mass is 9.87. The summed E-state index contributed by atoms with van der Waals surface area (Å²) in [6.45, 7) is 10.8. The number of rotatable bonds is 2. The van der Waals surface area contributed by atoms with Gasteiger partial charge in [0.05, 0.1) is 5.69 Å². The van der Waals surface area contributed by atoms with Gasteiger partial charge in [0.25, 0.3) is 0 Å². The molecule has 1 atom stereocenters. The topological polar surface area (TPSA) is 42.1 Å². The maximum absolute atomic E-state index is 5.97. The molecular weight excluding hydrogens is 198 g/mol. The predicted molar refractivity (Wildman–Crippen MR) is 70.7 cm³/mol. The molecule has 0 aliphatic rings. The van der Waals surface area contributed by atoms with Gasteiger partial charge in [0.2, 0.25) is 0 Å². The molecule has 0 spiro atoms. The second-order valence-corrected chi connectivity index (χ2v) is 5.52. The zero-order valence-corrected chi connectivity index (χ0v) is 11.2. The summed E-state index contributed by atoms with van der Waals surface area (Å²) in [5.74, 6) is 0.877. The molecule has 1 aromatic rings. The molecule has 90 valence electrons. The van der Waals surface area contributed by atoms with Crippen LogP contribution in [0.2, 0.25) is 0 Å². The highest BCUT2D eigenvalue weighted by atomic mass is 15.2. The van der Waals surface area contributed by atoms with Crippen molar-refractivity contribution in [1.29, 1.82) is 0 Å². The lowest BCUT2D eigenvalue weighted by molar-refractivity contribution is 0.328. The van der Waals surface area contributed by atoms with Crippen molar-refractivity contribution in [3.05, 3.63) is 17.8 Å². The molecule has 3 heteroatoms. The van der Waals surface area contributed by atoms with Crippen molar-refractivity contribution in [3.8, 4) is 0 Å². The Balaban J connectivity index is 3.05. The Morgan fingerprint density at radius 2 is 1.88 bits per heavy atom. The fourth-order valence-corrected chi connectivity index (χ4v) is 1.60. The van der Waals surface area contributed by atoms with Crippen LogP contribution in [0.25, 0.3) is 0 Å². The molecule has 1 aromatic heterocycles. The van der Waals surface area contributed by atoms with Crippen molar-refractivity contribution in [1.82, 2.24) is 4.98 Å². The van der Waals surface area contributed by atoms with Gasteiger partial charge in [-0.2, -0.15) is 0 Å². The number of pyridine rings is 1. The first-order valence-electron chi connectivity index (χ1n) is 5.69. The summed E-state index contributed by atoms with van der Waals surface area (Å²) in [6, 6.07) is 4.24. The largest absolute Gasteiger partial charge is 0.396 e. The van der Waals surface area contributed by atoms with Crippen molar-refractivity contribution in [2.75, 3.05) is 17.7 Å². The maximum atomic E-state index is 5.97. The maximum Gasteiger partial charge on any atom is 0.152 e. The monoisotopic (exact) mass is 221 g/mol. The molecule has 16 heavy (non-hydrogen) atoms. The van der Waals surface area contributed by atoms with Crippen LogP contribution in [0.3, 0.4) is 0 Å². The molecule has 0 radical (unpaired) electrons. The molecule has 0 aliphatic heterocycles. The molecule has 2 N–H and O–H groups in total. The summed E-state index contributed by atoms with van der Waals surface area (Å²) in [5.41, 5.74) is 7.91. The highest BCUT2D eigenvalue weighted by Crippen LogP contribution is 2.29. The number of nitrogens with two attached hydrogens (primary N) is 1. The predicted octanol–water partition coefficient (Wildman–Crippen LogP) is 2.84. The summed E-state index contributed by atoms with van der Waals surface area (Å²) < 4.78 is 0. The van der Waals surface area contributed by atoms with Gasteiger partial charge in [0, 0.05) is 18.8 Å². The number of hydrogen-bond donors (Lipinski definition) is 1. The van der Waals surface area contributed by atoms with E-state index in [9.17, 15) is 0 Å². The van der Waals surface area contributed by atoms with Crippen LogP contribution in [0.15, 0.2) is 12.1 Å². The van der Waals surface area contributed by atoms with E-state index in [1.54, 1.807) is 0 Å². The first-order chi connectivity index (χ1) is 7.23. The van der Waals surface area contributed by atoms with Gasteiger partial charge in [0.1, 0.15) is 0 Å². The zero-order chi connectivity index (χ0) is 12.5. The lowest BCUT2D eigenvalue weighted by Gasteiger charge is -2.36. The number of hydrogen-bond acceptors (Lipinski definition) is 3. The van der Waals surface area contributed by atoms with Crippen LogP contribution in [-0.2, 0) is 0 Å². The van der Waals surface area contributed by atoms with E-state index in [4.69, 9.17) is 5.73 Å². The van der Waals surface area contributed by atoms with Gasteiger partial charge in [-0.25, -0.2) is 4.98 Å². The zero-order valence-electron chi connectivity index (χ0n) is 11.2. The molecule has 1 heterocycles. The molecule has 1 rings (SSSR count). The standard InChI is InChI=1S/C13H23N3/c1-9-7-8-11(14)12(15-9)16(6)10(2)13(3,4)5/h7-8,10H,14H2,1-6H3. The first kappa shape index (κ1) is 12.8. The van der Waals surface area contributed by atoms with Crippen molar-refractivity contribution in [2.24, 2.45) is 5.41 Å². The molecule has 0 amide bonds. The third-order valence-electron chi connectivity index (χ3n) is 3.21. The number of nitrogen functional groups attached to an aromatic ring is 1. The minimum Gasteiger partial charge on any atom is -0.396 e. The van der Waals surface area contributed by atoms with E-state index in [1.165, 1.54) is 0 Å². The van der Waals surface area contributed by atoms with Crippen LogP contribution in [0.1, 0.15) is 33.4 Å². The first-order valence-corrected chi connectivity index (χ1v) is 5.69. The SMILES string of the molecule is Cc1ccc(N)c(N(C)C(C)C(C)(C)C)n1. The van der Waals surface area contributed by atoms with Gasteiger partial charge in [-0.05, 0) is 31.4 Å². The van der Waals surface area contributed by atoms with Crippen molar-refractivity contribution in [2.45, 2.75) is 40.7 Å². The van der Waals surface area contributed by atoms with E-state index in [-0.39, 0.29) is 5.41 Å². The molecule has 0 fully saturated rings. The highest BCUT2D eigenvalue weighted by Gasteiger charge is 2.25. The Morgan fingerprint density at radius 3 is 2.38 bits per heavy atom. The number of aryl methyl sites for hydroxylation is 1. The van der Waals surface area contributed by atoms with Gasteiger partial charge in [0.15, 0.2) is 5.82 Å². The molecule has 0 bridgehead atoms. The average molecular weight is 221 g/mol. The van der Waals surface area contributed by atoms with Crippen molar-refractivity contribution >= 4 is 11.5 Å². The van der Waals surface area contributed by atoms with Crippen LogP contribution >= 0.6 is 0 Å². The lowest BCUT2D eigenvalue weighted by Crippen LogP contribution is -2.40. The minimum atomic E-state index is 0.201. The Kier molecular flexibility index (Phi) is 3.46. The number of aromatic nitrogens is 1. The van der Waals surface area contributed by atoms with Gasteiger partial charge in [-0.3, -0.25) is 0 Å². The van der Waals surface area contributed by atoms with Crippen LogP contribution < -0.4 is 10.6 Å². The summed E-state index contributed by atoms with van der Waals surface area (Å²) in [6.07, 6.45) is 0. The van der Waals surface area contributed by atoms with Gasteiger partial charge >= 0.3 is 0 Å². The van der Waals surface area contributed by atoms with Crippen LogP contribution in [0.5, 0.6) is 0 Å². The highest BCUT2D eigenvalue weighted by molar-refractivity contribution is 5.63. The average Bonchev–Trinajstić information content (AvgIpc) is 2.18. The molecule has 3 nitrogen and oxygen atoms in total. The molecule has 0 saturated carbocycles. The fraction of sp³-hybridized carbons (Fsp3) is 0.615. The Labute approximate surface area is 98.7 Å². The summed E-state index contributed by atoms with van der Waals surface area (Å²) >= 11 is 0. The number of nitrogens with zero attached hydrogens (tertiary/aromatic N) is 2. The van der Waals surface area contributed by atoms with Crippen molar-refractivity contribution < 1.29 is 0 Å². The van der Waals surface area contributed by atoms with E-state index in [0.717, 1.165) is 17.2 Å². The van der Waals surface area contributed by atoms with E-state index in [1.807, 2.05) is 26.1 Å². The summed E-state index contributed by atoms with van der Waals surface area (Å²) in [5, 5.41) is 0. The van der Waals surface area contributed by atoms with Crippen LogP contribution in [0, 0.1) is 12.3 Å². The van der Waals surface area contributed by atoms with E-state index in [0.29, 0.717) is 6.04 Å². The van der Waals surface area contributed by atoms with E-state index in [2.05, 4.69) is 37.6 Å². The normalized spacial score (nSPS) is 13.6. The Hall–Kier alpha value is -1.25. The molecule has 0 aliphatic carbocycles. The van der Waals surface area contributed by atoms with Crippen LogP contribution in [0.4, 0.5) is 11.5 Å². The van der Waals surface area contributed by atoms with Gasteiger partial charge in [-0.1, -0.05) is 20.8 Å². The third-order valence-corrected chi connectivity index (χ3v) is 3.21. The summed E-state index contributed by atoms with van der Waals surface area (Å²) in [4.78, 5) is 6.66. The van der Waals surface area contributed by atoms with Gasteiger partial charge < -0.3 is 10.6 Å². The minimum absolute atomic E-state index is 0.201. The molecule has 1 unspecified atom stereocenters. The van der Waals surface area contributed by atoms with E-state index >= 15 is 0 Å². The Bertz CT molecular complexity index is 366. The van der Waals surface area contributed by atoms with Crippen molar-refractivity contribution in [3.63, 3.8) is 0 Å². The third kappa shape index (κ3) is 2.65. The van der Waals surface area contributed by atoms with E-state index < -0.39 is 0 Å². The van der Waals surface area contributed by atoms with Gasteiger partial charge in [-0.15, -0.1) is 0 Å². The fourth-order valence-electron chi connectivity index (χ4n) is 1.60. The Morgan fingerprint density at radius 1 is 1.31 bits per heavy atom. The second kappa shape index (κ2) is 4.32. The second-order valence-electron chi connectivity index (χ2n) is 5.52. The van der Waals surface area contributed by atoms with Crippen LogP contribution in [-0.4, -0.2) is 18.1 Å². The molecule has 0 saturated heterocycles.